The van der Waals surface area contributed by atoms with Crippen LogP contribution in [-0.4, -0.2) is 34.2 Å². The molecule has 0 aliphatic carbocycles. The van der Waals surface area contributed by atoms with E-state index >= 15 is 0 Å². The monoisotopic (exact) mass is 402 g/mol. The fraction of sp³-hybridized carbons (Fsp3) is 0.278. The van der Waals surface area contributed by atoms with Gasteiger partial charge in [-0.3, -0.25) is 4.79 Å². The van der Waals surface area contributed by atoms with Gasteiger partial charge in [0.1, 0.15) is 0 Å². The molecule has 2 aromatic rings. The van der Waals surface area contributed by atoms with E-state index in [9.17, 15) is 18.0 Å². The summed E-state index contributed by atoms with van der Waals surface area (Å²) in [6, 6.07) is 5.87. The fourth-order valence-electron chi connectivity index (χ4n) is 2.45. The summed E-state index contributed by atoms with van der Waals surface area (Å²) in [7, 11) is 6.10. The normalized spacial score (nSPS) is 11.1. The highest BCUT2D eigenvalue weighted by molar-refractivity contribution is 6.32. The van der Waals surface area contributed by atoms with E-state index in [1.54, 1.807) is 19.0 Å². The summed E-state index contributed by atoms with van der Waals surface area (Å²) in [5.74, 6) is -0.156. The van der Waals surface area contributed by atoms with Crippen molar-refractivity contribution < 1.29 is 27.4 Å². The zero-order valence-electron chi connectivity index (χ0n) is 15.1. The number of alkyl halides is 3. The van der Waals surface area contributed by atoms with Crippen molar-refractivity contribution in [2.75, 3.05) is 38.5 Å². The molecule has 0 aliphatic rings. The van der Waals surface area contributed by atoms with Crippen molar-refractivity contribution in [3.05, 3.63) is 46.5 Å². The molecule has 0 bridgehead atoms. The second-order valence-corrected chi connectivity index (χ2v) is 6.18. The van der Waals surface area contributed by atoms with Gasteiger partial charge in [-0.15, -0.1) is 0 Å². The summed E-state index contributed by atoms with van der Waals surface area (Å²) < 4.78 is 49.3. The summed E-state index contributed by atoms with van der Waals surface area (Å²) in [6.07, 6.45) is -4.53. The summed E-state index contributed by atoms with van der Waals surface area (Å²) in [5.41, 5.74) is -0.317. The number of anilines is 2. The quantitative estimate of drug-likeness (QED) is 0.788. The van der Waals surface area contributed by atoms with Gasteiger partial charge in [0.2, 0.25) is 0 Å². The number of rotatable bonds is 5. The molecular formula is C18H18ClF3N2O3. The topological polar surface area (TPSA) is 50.8 Å². The molecule has 27 heavy (non-hydrogen) atoms. The molecule has 1 N–H and O–H groups in total. The molecule has 0 saturated carbocycles. The fourth-order valence-corrected chi connectivity index (χ4v) is 2.73. The van der Waals surface area contributed by atoms with Gasteiger partial charge in [-0.2, -0.15) is 13.2 Å². The van der Waals surface area contributed by atoms with Gasteiger partial charge in [-0.25, -0.2) is 0 Å². The second-order valence-electron chi connectivity index (χ2n) is 5.77. The standard InChI is InChI=1S/C18H18ClF3N2O3/c1-24(2)14-6-5-11(18(20,21)22)9-13(14)23-17(25)10-7-12(19)16(27-4)15(8-10)26-3/h5-9H,1-4H3,(H,23,25). The average Bonchev–Trinajstić information content (AvgIpc) is 2.59. The van der Waals surface area contributed by atoms with Crippen LogP contribution in [-0.2, 0) is 6.18 Å². The highest BCUT2D eigenvalue weighted by Crippen LogP contribution is 2.37. The highest BCUT2D eigenvalue weighted by Gasteiger charge is 2.31. The lowest BCUT2D eigenvalue weighted by Gasteiger charge is -2.20. The number of amides is 1. The molecule has 0 heterocycles. The Labute approximate surface area is 159 Å². The van der Waals surface area contributed by atoms with Crippen LogP contribution in [0.3, 0.4) is 0 Å². The molecule has 0 aliphatic heterocycles. The lowest BCUT2D eigenvalue weighted by Crippen LogP contribution is -2.18. The van der Waals surface area contributed by atoms with Crippen LogP contribution >= 0.6 is 11.6 Å². The predicted molar refractivity (Wildman–Crippen MR) is 98.3 cm³/mol. The van der Waals surface area contributed by atoms with Crippen LogP contribution in [0.15, 0.2) is 30.3 Å². The van der Waals surface area contributed by atoms with Gasteiger partial charge in [0.25, 0.3) is 5.91 Å². The summed E-state index contributed by atoms with van der Waals surface area (Å²) in [4.78, 5) is 14.2. The molecule has 0 unspecified atom stereocenters. The van der Waals surface area contributed by atoms with Crippen molar-refractivity contribution in [3.8, 4) is 11.5 Å². The van der Waals surface area contributed by atoms with E-state index in [0.29, 0.717) is 5.69 Å². The third-order valence-corrected chi connectivity index (χ3v) is 4.03. The summed E-state index contributed by atoms with van der Waals surface area (Å²) >= 11 is 6.09. The summed E-state index contributed by atoms with van der Waals surface area (Å²) in [5, 5.41) is 2.64. The maximum atomic E-state index is 13.0. The Morgan fingerprint density at radius 1 is 1.11 bits per heavy atom. The van der Waals surface area contributed by atoms with E-state index in [1.165, 1.54) is 32.4 Å². The molecule has 0 fully saturated rings. The summed E-state index contributed by atoms with van der Waals surface area (Å²) in [6.45, 7) is 0. The van der Waals surface area contributed by atoms with Crippen molar-refractivity contribution in [3.63, 3.8) is 0 Å². The molecule has 0 aromatic heterocycles. The molecule has 0 atom stereocenters. The van der Waals surface area contributed by atoms with Gasteiger partial charge >= 0.3 is 6.18 Å². The lowest BCUT2D eigenvalue weighted by molar-refractivity contribution is -0.137. The third kappa shape index (κ3) is 4.57. The van der Waals surface area contributed by atoms with E-state index in [0.717, 1.165) is 12.1 Å². The Morgan fingerprint density at radius 2 is 1.78 bits per heavy atom. The Hall–Kier alpha value is -2.61. The molecule has 0 saturated heterocycles. The molecule has 2 aromatic carbocycles. The number of benzene rings is 2. The van der Waals surface area contributed by atoms with E-state index in [1.807, 2.05) is 0 Å². The number of methoxy groups -OCH3 is 2. The van der Waals surface area contributed by atoms with Crippen molar-refractivity contribution in [2.24, 2.45) is 0 Å². The number of hydrogen-bond donors (Lipinski definition) is 1. The first-order chi connectivity index (χ1) is 12.6. The Kier molecular flexibility index (Phi) is 6.10. The zero-order chi connectivity index (χ0) is 20.4. The predicted octanol–water partition coefficient (Wildman–Crippen LogP) is 4.69. The van der Waals surface area contributed by atoms with E-state index in [-0.39, 0.29) is 27.8 Å². The molecular weight excluding hydrogens is 385 g/mol. The van der Waals surface area contributed by atoms with Crippen LogP contribution in [0.5, 0.6) is 11.5 Å². The van der Waals surface area contributed by atoms with Gasteiger partial charge in [-0.1, -0.05) is 11.6 Å². The minimum absolute atomic E-state index is 0.0192. The lowest BCUT2D eigenvalue weighted by atomic mass is 10.1. The van der Waals surface area contributed by atoms with Gasteiger partial charge in [0, 0.05) is 19.7 Å². The van der Waals surface area contributed by atoms with Crippen molar-refractivity contribution in [2.45, 2.75) is 6.18 Å². The van der Waals surface area contributed by atoms with E-state index in [4.69, 9.17) is 21.1 Å². The minimum Gasteiger partial charge on any atom is -0.493 e. The number of ether oxygens (including phenoxy) is 2. The van der Waals surface area contributed by atoms with Gasteiger partial charge in [0.05, 0.1) is 36.2 Å². The van der Waals surface area contributed by atoms with Crippen LogP contribution in [0.1, 0.15) is 15.9 Å². The first-order valence-corrected chi connectivity index (χ1v) is 8.07. The maximum absolute atomic E-state index is 13.0. The number of carbonyl (C=O) groups is 1. The Bertz CT molecular complexity index is 854. The van der Waals surface area contributed by atoms with Crippen LogP contribution in [0.25, 0.3) is 0 Å². The molecule has 146 valence electrons. The average molecular weight is 403 g/mol. The molecule has 0 radical (unpaired) electrons. The van der Waals surface area contributed by atoms with Crippen LogP contribution in [0.2, 0.25) is 5.02 Å². The third-order valence-electron chi connectivity index (χ3n) is 3.75. The smallest absolute Gasteiger partial charge is 0.416 e. The molecule has 1 amide bonds. The van der Waals surface area contributed by atoms with Crippen molar-refractivity contribution >= 4 is 28.9 Å². The number of nitrogens with one attached hydrogen (secondary N) is 1. The first-order valence-electron chi connectivity index (χ1n) is 7.70. The molecule has 0 spiro atoms. The number of halogens is 4. The molecule has 9 heteroatoms. The van der Waals surface area contributed by atoms with Gasteiger partial charge in [-0.05, 0) is 30.3 Å². The number of nitrogens with zero attached hydrogens (tertiary/aromatic N) is 1. The Morgan fingerprint density at radius 3 is 2.30 bits per heavy atom. The Balaban J connectivity index is 2.44. The minimum atomic E-state index is -4.53. The second kappa shape index (κ2) is 7.96. The van der Waals surface area contributed by atoms with Crippen LogP contribution < -0.4 is 19.7 Å². The number of hydrogen-bond acceptors (Lipinski definition) is 4. The maximum Gasteiger partial charge on any atom is 0.416 e. The van der Waals surface area contributed by atoms with E-state index in [2.05, 4.69) is 5.32 Å². The van der Waals surface area contributed by atoms with Crippen LogP contribution in [0.4, 0.5) is 24.5 Å². The van der Waals surface area contributed by atoms with Crippen molar-refractivity contribution in [1.82, 2.24) is 0 Å². The first kappa shape index (κ1) is 20.7. The number of carbonyl (C=O) groups excluding carboxylic acids is 1. The van der Waals surface area contributed by atoms with Crippen LogP contribution in [0, 0.1) is 0 Å². The van der Waals surface area contributed by atoms with E-state index < -0.39 is 17.6 Å². The largest absolute Gasteiger partial charge is 0.493 e. The zero-order valence-corrected chi connectivity index (χ0v) is 15.8. The molecule has 5 nitrogen and oxygen atoms in total. The highest BCUT2D eigenvalue weighted by atomic mass is 35.5. The van der Waals surface area contributed by atoms with Gasteiger partial charge in [0.15, 0.2) is 11.5 Å². The van der Waals surface area contributed by atoms with Gasteiger partial charge < -0.3 is 19.7 Å². The SMILES string of the molecule is COc1cc(C(=O)Nc2cc(C(F)(F)F)ccc2N(C)C)cc(Cl)c1OC. The molecule has 2 rings (SSSR count). The van der Waals surface area contributed by atoms with Crippen molar-refractivity contribution in [1.29, 1.82) is 0 Å².